The second-order valence-corrected chi connectivity index (χ2v) is 6.55. The Kier molecular flexibility index (Phi) is 4.26. The van der Waals surface area contributed by atoms with Crippen LogP contribution in [-0.2, 0) is 0 Å². The van der Waals surface area contributed by atoms with Crippen LogP contribution in [0, 0.1) is 11.3 Å². The summed E-state index contributed by atoms with van der Waals surface area (Å²) in [6.07, 6.45) is 5.67. The number of nitriles is 1. The lowest BCUT2D eigenvalue weighted by atomic mass is 10.1. The lowest BCUT2D eigenvalue weighted by molar-refractivity contribution is 0.479. The van der Waals surface area contributed by atoms with E-state index in [1.807, 2.05) is 30.5 Å². The number of fused-ring (bicyclic) bond motifs is 1. The Hall–Kier alpha value is -2.62. The molecule has 126 valence electrons. The van der Waals surface area contributed by atoms with Gasteiger partial charge in [-0.05, 0) is 31.5 Å². The number of benzene rings is 1. The van der Waals surface area contributed by atoms with Crippen molar-refractivity contribution in [3.8, 4) is 17.3 Å². The first-order valence-corrected chi connectivity index (χ1v) is 8.64. The third-order valence-corrected chi connectivity index (χ3v) is 4.64. The molecule has 2 aromatic heterocycles. The summed E-state index contributed by atoms with van der Waals surface area (Å²) in [5.41, 5.74) is 2.85. The summed E-state index contributed by atoms with van der Waals surface area (Å²) >= 11 is 5.96. The molecule has 0 saturated carbocycles. The van der Waals surface area contributed by atoms with E-state index in [1.165, 1.54) is 0 Å². The Morgan fingerprint density at radius 3 is 2.88 bits per heavy atom. The van der Waals surface area contributed by atoms with Crippen molar-refractivity contribution < 1.29 is 0 Å². The normalized spacial score (nSPS) is 17.4. The van der Waals surface area contributed by atoms with Crippen molar-refractivity contribution in [2.45, 2.75) is 18.9 Å². The summed E-state index contributed by atoms with van der Waals surface area (Å²) in [5, 5.41) is 16.9. The molecule has 0 radical (unpaired) electrons. The van der Waals surface area contributed by atoms with Crippen LogP contribution in [0.5, 0.6) is 0 Å². The first kappa shape index (κ1) is 15.9. The van der Waals surface area contributed by atoms with Crippen LogP contribution in [0.25, 0.3) is 16.9 Å². The number of hydrogen-bond acceptors (Lipinski definition) is 5. The quantitative estimate of drug-likeness (QED) is 0.757. The molecular formula is C18H17ClN6. The molecule has 1 aliphatic heterocycles. The van der Waals surface area contributed by atoms with Crippen LogP contribution >= 0.6 is 11.6 Å². The molecule has 4 rings (SSSR count). The first-order chi connectivity index (χ1) is 12.2. The number of imidazole rings is 1. The van der Waals surface area contributed by atoms with Gasteiger partial charge in [-0.3, -0.25) is 4.40 Å². The molecule has 25 heavy (non-hydrogen) atoms. The van der Waals surface area contributed by atoms with Crippen LogP contribution in [-0.4, -0.2) is 33.5 Å². The maximum atomic E-state index is 9.38. The highest BCUT2D eigenvalue weighted by atomic mass is 35.5. The monoisotopic (exact) mass is 352 g/mol. The first-order valence-electron chi connectivity index (χ1n) is 8.26. The number of anilines is 1. The minimum atomic E-state index is 0.314. The molecule has 2 N–H and O–H groups in total. The Balaban J connectivity index is 1.76. The summed E-state index contributed by atoms with van der Waals surface area (Å²) in [7, 11) is 0. The second kappa shape index (κ2) is 6.71. The van der Waals surface area contributed by atoms with Gasteiger partial charge in [0.1, 0.15) is 11.8 Å². The van der Waals surface area contributed by atoms with E-state index < -0.39 is 0 Å². The van der Waals surface area contributed by atoms with Crippen molar-refractivity contribution in [2.75, 3.05) is 18.4 Å². The third kappa shape index (κ3) is 3.16. The number of rotatable bonds is 3. The van der Waals surface area contributed by atoms with Crippen LogP contribution in [0.4, 0.5) is 5.82 Å². The van der Waals surface area contributed by atoms with E-state index in [4.69, 9.17) is 16.6 Å². The van der Waals surface area contributed by atoms with Gasteiger partial charge in [0, 0.05) is 29.4 Å². The Morgan fingerprint density at radius 2 is 2.16 bits per heavy atom. The van der Waals surface area contributed by atoms with Crippen molar-refractivity contribution in [3.05, 3.63) is 47.4 Å². The predicted octanol–water partition coefficient (Wildman–Crippen LogP) is 3.09. The van der Waals surface area contributed by atoms with Crippen LogP contribution in [0.2, 0.25) is 5.02 Å². The SMILES string of the molecule is N#Cc1cnc(NC2CCCNC2)c2nc(-c3ccc(Cl)cc3)cn12. The number of piperidine rings is 1. The van der Waals surface area contributed by atoms with Crippen LogP contribution in [0.15, 0.2) is 36.7 Å². The van der Waals surface area contributed by atoms with Gasteiger partial charge < -0.3 is 10.6 Å². The fourth-order valence-electron chi connectivity index (χ4n) is 3.09. The molecule has 7 heteroatoms. The van der Waals surface area contributed by atoms with Gasteiger partial charge in [0.05, 0.1) is 11.9 Å². The van der Waals surface area contributed by atoms with E-state index in [0.29, 0.717) is 28.2 Å². The fourth-order valence-corrected chi connectivity index (χ4v) is 3.22. The standard InChI is InChI=1S/C18H17ClN6/c19-13-5-3-12(4-6-13)16-11-25-15(8-20)10-22-17(18(25)24-16)23-14-2-1-7-21-9-14/h3-6,10-11,14,21H,1-2,7,9H2,(H,22,23). The number of nitrogens with zero attached hydrogens (tertiary/aromatic N) is 4. The molecule has 6 nitrogen and oxygen atoms in total. The zero-order valence-corrected chi connectivity index (χ0v) is 14.3. The second-order valence-electron chi connectivity index (χ2n) is 6.12. The van der Waals surface area contributed by atoms with Crippen LogP contribution in [0.1, 0.15) is 18.5 Å². The maximum Gasteiger partial charge on any atom is 0.181 e. The summed E-state index contributed by atoms with van der Waals surface area (Å²) in [5.74, 6) is 0.702. The molecule has 1 fully saturated rings. The third-order valence-electron chi connectivity index (χ3n) is 4.39. The Labute approximate surface area is 150 Å². The molecule has 0 amide bonds. The zero-order valence-electron chi connectivity index (χ0n) is 13.5. The van der Waals surface area contributed by atoms with E-state index in [-0.39, 0.29) is 0 Å². The van der Waals surface area contributed by atoms with Crippen molar-refractivity contribution in [3.63, 3.8) is 0 Å². The van der Waals surface area contributed by atoms with Gasteiger partial charge in [0.15, 0.2) is 11.5 Å². The lowest BCUT2D eigenvalue weighted by Gasteiger charge is -2.24. The van der Waals surface area contributed by atoms with Gasteiger partial charge >= 0.3 is 0 Å². The van der Waals surface area contributed by atoms with Gasteiger partial charge in [-0.2, -0.15) is 5.26 Å². The summed E-state index contributed by atoms with van der Waals surface area (Å²) in [4.78, 5) is 9.14. The van der Waals surface area contributed by atoms with Gasteiger partial charge in [-0.1, -0.05) is 23.7 Å². The lowest BCUT2D eigenvalue weighted by Crippen LogP contribution is -2.38. The number of halogens is 1. The molecule has 1 unspecified atom stereocenters. The highest BCUT2D eigenvalue weighted by Gasteiger charge is 2.17. The average molecular weight is 353 g/mol. The Bertz CT molecular complexity index is 935. The molecule has 1 saturated heterocycles. The smallest absolute Gasteiger partial charge is 0.181 e. The van der Waals surface area contributed by atoms with Gasteiger partial charge in [0.25, 0.3) is 0 Å². The zero-order chi connectivity index (χ0) is 17.2. The molecule has 3 aromatic rings. The van der Waals surface area contributed by atoms with Gasteiger partial charge in [-0.15, -0.1) is 0 Å². The summed E-state index contributed by atoms with van der Waals surface area (Å²) in [6, 6.07) is 9.99. The molecule has 0 aliphatic carbocycles. The molecule has 1 aromatic carbocycles. The van der Waals surface area contributed by atoms with E-state index >= 15 is 0 Å². The van der Waals surface area contributed by atoms with E-state index in [1.54, 1.807) is 10.6 Å². The van der Waals surface area contributed by atoms with Crippen LogP contribution in [0.3, 0.4) is 0 Å². The van der Waals surface area contributed by atoms with Crippen molar-refractivity contribution in [1.29, 1.82) is 5.26 Å². The number of hydrogen-bond donors (Lipinski definition) is 2. The minimum Gasteiger partial charge on any atom is -0.363 e. The fraction of sp³-hybridized carbons (Fsp3) is 0.278. The molecular weight excluding hydrogens is 336 g/mol. The molecule has 0 spiro atoms. The predicted molar refractivity (Wildman–Crippen MR) is 97.7 cm³/mol. The molecule has 1 atom stereocenters. The average Bonchev–Trinajstić information content (AvgIpc) is 3.09. The number of nitrogens with one attached hydrogen (secondary N) is 2. The highest BCUT2D eigenvalue weighted by molar-refractivity contribution is 6.30. The van der Waals surface area contributed by atoms with Crippen molar-refractivity contribution in [2.24, 2.45) is 0 Å². The molecule has 3 heterocycles. The number of aromatic nitrogens is 3. The van der Waals surface area contributed by atoms with E-state index in [0.717, 1.165) is 37.2 Å². The van der Waals surface area contributed by atoms with Crippen molar-refractivity contribution >= 4 is 23.1 Å². The van der Waals surface area contributed by atoms with Crippen molar-refractivity contribution in [1.82, 2.24) is 19.7 Å². The minimum absolute atomic E-state index is 0.314. The Morgan fingerprint density at radius 1 is 1.32 bits per heavy atom. The summed E-state index contributed by atoms with van der Waals surface area (Å²) in [6.45, 7) is 1.96. The molecule has 0 bridgehead atoms. The largest absolute Gasteiger partial charge is 0.363 e. The van der Waals surface area contributed by atoms with Gasteiger partial charge in [-0.25, -0.2) is 9.97 Å². The van der Waals surface area contributed by atoms with E-state index in [9.17, 15) is 5.26 Å². The topological polar surface area (TPSA) is 78.0 Å². The highest BCUT2D eigenvalue weighted by Crippen LogP contribution is 2.25. The van der Waals surface area contributed by atoms with E-state index in [2.05, 4.69) is 21.7 Å². The van der Waals surface area contributed by atoms with Gasteiger partial charge in [0.2, 0.25) is 0 Å². The van der Waals surface area contributed by atoms with Crippen LogP contribution < -0.4 is 10.6 Å². The maximum absolute atomic E-state index is 9.38. The summed E-state index contributed by atoms with van der Waals surface area (Å²) < 4.78 is 1.79. The molecule has 1 aliphatic rings.